The summed E-state index contributed by atoms with van der Waals surface area (Å²) in [5.41, 5.74) is 1.31. The van der Waals surface area contributed by atoms with Gasteiger partial charge in [0.25, 0.3) is 0 Å². The lowest BCUT2D eigenvalue weighted by Gasteiger charge is -2.22. The number of halogens is 1. The lowest BCUT2D eigenvalue weighted by atomic mass is 10.0. The van der Waals surface area contributed by atoms with Gasteiger partial charge in [0, 0.05) is 17.1 Å². The third-order valence-corrected chi connectivity index (χ3v) is 4.37. The average Bonchev–Trinajstić information content (AvgIpc) is 2.86. The summed E-state index contributed by atoms with van der Waals surface area (Å²) < 4.78 is 6.79. The molecular formula is C17H23BrN2O. The maximum absolute atomic E-state index is 5.63. The van der Waals surface area contributed by atoms with Crippen molar-refractivity contribution in [1.29, 1.82) is 0 Å². The smallest absolute Gasteiger partial charge is 0.118 e. The Morgan fingerprint density at radius 1 is 1.24 bits per heavy atom. The molecule has 21 heavy (non-hydrogen) atoms. The SMILES string of the molecule is CNC(CCN(C)Cc1ccc(C)o1)c1ccccc1Br. The highest BCUT2D eigenvalue weighted by molar-refractivity contribution is 9.10. The lowest BCUT2D eigenvalue weighted by molar-refractivity contribution is 0.276. The number of rotatable bonds is 7. The first kappa shape index (κ1) is 16.3. The van der Waals surface area contributed by atoms with E-state index in [-0.39, 0.29) is 0 Å². The first-order chi connectivity index (χ1) is 10.1. The molecule has 114 valence electrons. The average molecular weight is 351 g/mol. The van der Waals surface area contributed by atoms with Gasteiger partial charge in [0.2, 0.25) is 0 Å². The van der Waals surface area contributed by atoms with Gasteiger partial charge in [-0.1, -0.05) is 34.1 Å². The van der Waals surface area contributed by atoms with Crippen LogP contribution in [0.5, 0.6) is 0 Å². The van der Waals surface area contributed by atoms with Crippen LogP contribution in [0, 0.1) is 6.92 Å². The molecule has 2 rings (SSSR count). The van der Waals surface area contributed by atoms with E-state index in [2.05, 4.69) is 57.5 Å². The van der Waals surface area contributed by atoms with E-state index in [0.717, 1.165) is 35.5 Å². The molecule has 0 aliphatic rings. The van der Waals surface area contributed by atoms with Gasteiger partial charge in [0.1, 0.15) is 11.5 Å². The van der Waals surface area contributed by atoms with Crippen molar-refractivity contribution in [2.45, 2.75) is 25.9 Å². The first-order valence-corrected chi connectivity index (χ1v) is 8.05. The topological polar surface area (TPSA) is 28.4 Å². The van der Waals surface area contributed by atoms with E-state index in [1.807, 2.05) is 26.1 Å². The van der Waals surface area contributed by atoms with Crippen molar-refractivity contribution in [3.05, 3.63) is 58.0 Å². The molecule has 4 heteroatoms. The summed E-state index contributed by atoms with van der Waals surface area (Å²) in [6, 6.07) is 12.8. The highest BCUT2D eigenvalue weighted by atomic mass is 79.9. The Morgan fingerprint density at radius 3 is 2.62 bits per heavy atom. The molecule has 1 unspecified atom stereocenters. The summed E-state index contributed by atoms with van der Waals surface area (Å²) in [4.78, 5) is 2.29. The quantitative estimate of drug-likeness (QED) is 0.813. The largest absolute Gasteiger partial charge is 0.465 e. The minimum atomic E-state index is 0.348. The van der Waals surface area contributed by atoms with Gasteiger partial charge in [-0.05, 0) is 51.2 Å². The van der Waals surface area contributed by atoms with Crippen molar-refractivity contribution < 1.29 is 4.42 Å². The van der Waals surface area contributed by atoms with Crippen LogP contribution in [-0.4, -0.2) is 25.5 Å². The standard InChI is InChI=1S/C17H23BrN2O/c1-13-8-9-14(21-13)12-20(3)11-10-17(19-2)15-6-4-5-7-16(15)18/h4-9,17,19H,10-12H2,1-3H3. The summed E-state index contributed by atoms with van der Waals surface area (Å²) in [6.45, 7) is 3.83. The number of furan rings is 1. The Bertz CT molecular complexity index is 567. The van der Waals surface area contributed by atoms with Crippen LogP contribution in [0.3, 0.4) is 0 Å². The molecule has 0 fully saturated rings. The highest BCUT2D eigenvalue weighted by Crippen LogP contribution is 2.25. The third kappa shape index (κ3) is 4.70. The molecule has 2 aromatic rings. The van der Waals surface area contributed by atoms with E-state index < -0.39 is 0 Å². The molecule has 0 aliphatic heterocycles. The van der Waals surface area contributed by atoms with Crippen molar-refractivity contribution in [3.63, 3.8) is 0 Å². The minimum Gasteiger partial charge on any atom is -0.465 e. The number of aryl methyl sites for hydroxylation is 1. The van der Waals surface area contributed by atoms with Crippen LogP contribution in [-0.2, 0) is 6.54 Å². The van der Waals surface area contributed by atoms with Crippen molar-refractivity contribution in [1.82, 2.24) is 10.2 Å². The normalized spacial score (nSPS) is 12.8. The number of hydrogen-bond acceptors (Lipinski definition) is 3. The van der Waals surface area contributed by atoms with Gasteiger partial charge in [-0.2, -0.15) is 0 Å². The van der Waals surface area contributed by atoms with E-state index in [0.29, 0.717) is 6.04 Å². The van der Waals surface area contributed by atoms with E-state index in [1.165, 1.54) is 5.56 Å². The number of hydrogen-bond donors (Lipinski definition) is 1. The summed E-state index contributed by atoms with van der Waals surface area (Å²) in [5, 5.41) is 3.40. The first-order valence-electron chi connectivity index (χ1n) is 7.25. The van der Waals surface area contributed by atoms with Crippen LogP contribution < -0.4 is 5.32 Å². The summed E-state index contributed by atoms with van der Waals surface area (Å²) in [6.07, 6.45) is 1.05. The molecule has 1 aromatic heterocycles. The van der Waals surface area contributed by atoms with Crippen LogP contribution in [0.25, 0.3) is 0 Å². The zero-order valence-corrected chi connectivity index (χ0v) is 14.5. The Balaban J connectivity index is 1.89. The Hall–Kier alpha value is -1.10. The molecule has 0 aliphatic carbocycles. The van der Waals surface area contributed by atoms with Crippen molar-refractivity contribution in [3.8, 4) is 0 Å². The summed E-state index contributed by atoms with van der Waals surface area (Å²) in [7, 11) is 4.14. The van der Waals surface area contributed by atoms with E-state index in [4.69, 9.17) is 4.42 Å². The molecule has 1 N–H and O–H groups in total. The van der Waals surface area contributed by atoms with E-state index >= 15 is 0 Å². The summed E-state index contributed by atoms with van der Waals surface area (Å²) >= 11 is 3.63. The summed E-state index contributed by atoms with van der Waals surface area (Å²) in [5.74, 6) is 2.00. The fourth-order valence-corrected chi connectivity index (χ4v) is 3.04. The van der Waals surface area contributed by atoms with Gasteiger partial charge >= 0.3 is 0 Å². The Labute approximate surface area is 135 Å². The molecule has 3 nitrogen and oxygen atoms in total. The monoisotopic (exact) mass is 350 g/mol. The van der Waals surface area contributed by atoms with Gasteiger partial charge in [-0.15, -0.1) is 0 Å². The third-order valence-electron chi connectivity index (χ3n) is 3.65. The molecule has 1 heterocycles. The Kier molecular flexibility index (Phi) is 6.03. The second kappa shape index (κ2) is 7.78. The van der Waals surface area contributed by atoms with Gasteiger partial charge in [0.15, 0.2) is 0 Å². The highest BCUT2D eigenvalue weighted by Gasteiger charge is 2.13. The Morgan fingerprint density at radius 2 is 2.00 bits per heavy atom. The van der Waals surface area contributed by atoms with Gasteiger partial charge in [-0.25, -0.2) is 0 Å². The zero-order chi connectivity index (χ0) is 15.2. The minimum absolute atomic E-state index is 0.348. The zero-order valence-electron chi connectivity index (χ0n) is 12.9. The molecule has 1 atom stereocenters. The predicted molar refractivity (Wildman–Crippen MR) is 90.3 cm³/mol. The van der Waals surface area contributed by atoms with Crippen molar-refractivity contribution in [2.24, 2.45) is 0 Å². The molecule has 0 amide bonds. The van der Waals surface area contributed by atoms with Crippen LogP contribution >= 0.6 is 15.9 Å². The van der Waals surface area contributed by atoms with Crippen LogP contribution in [0.15, 0.2) is 45.3 Å². The van der Waals surface area contributed by atoms with Crippen LogP contribution in [0.4, 0.5) is 0 Å². The number of nitrogens with zero attached hydrogens (tertiary/aromatic N) is 1. The molecule has 0 bridgehead atoms. The number of benzene rings is 1. The molecular weight excluding hydrogens is 328 g/mol. The molecule has 0 radical (unpaired) electrons. The van der Waals surface area contributed by atoms with E-state index in [9.17, 15) is 0 Å². The van der Waals surface area contributed by atoms with Gasteiger partial charge in [-0.3, -0.25) is 4.90 Å². The molecule has 0 spiro atoms. The second-order valence-corrected chi connectivity index (χ2v) is 6.26. The van der Waals surface area contributed by atoms with Gasteiger partial charge < -0.3 is 9.73 Å². The maximum atomic E-state index is 5.63. The van der Waals surface area contributed by atoms with E-state index in [1.54, 1.807) is 0 Å². The maximum Gasteiger partial charge on any atom is 0.118 e. The van der Waals surface area contributed by atoms with Crippen molar-refractivity contribution in [2.75, 3.05) is 20.6 Å². The lowest BCUT2D eigenvalue weighted by Crippen LogP contribution is -2.25. The molecule has 0 saturated carbocycles. The van der Waals surface area contributed by atoms with Crippen LogP contribution in [0.2, 0.25) is 0 Å². The van der Waals surface area contributed by atoms with Crippen LogP contribution in [0.1, 0.15) is 29.5 Å². The molecule has 1 aromatic carbocycles. The number of nitrogens with one attached hydrogen (secondary N) is 1. The van der Waals surface area contributed by atoms with Gasteiger partial charge in [0.05, 0.1) is 6.54 Å². The van der Waals surface area contributed by atoms with Crippen molar-refractivity contribution >= 4 is 15.9 Å². The fraction of sp³-hybridized carbons (Fsp3) is 0.412. The second-order valence-electron chi connectivity index (χ2n) is 5.40. The molecule has 0 saturated heterocycles. The predicted octanol–water partition coefficient (Wildman–Crippen LogP) is 4.13. The fourth-order valence-electron chi connectivity index (χ4n) is 2.48.